The first kappa shape index (κ1) is 8.96. The standard InChI is InChI=1S/CH4N2.V/c2-1-3;/h1H,(H3,2,3);. The zero-order valence-electron chi connectivity index (χ0n) is 2.10. The molecule has 0 rings (SSSR count). The topological polar surface area (TPSA) is 49.9 Å². The average molecular weight is 95.0 g/mol. The third kappa shape index (κ3) is 771. The fourth-order valence-corrected chi connectivity index (χ4v) is 0. The first-order chi connectivity index (χ1) is 1.41. The van der Waals surface area contributed by atoms with Crippen molar-refractivity contribution in [2.24, 2.45) is 5.73 Å². The molecule has 4 heavy (non-hydrogen) atoms. The SMILES string of the molecule is N=CN.[V]. The maximum Gasteiger partial charge on any atom is 0.0765 e. The van der Waals surface area contributed by atoms with Crippen LogP contribution in [0.2, 0.25) is 0 Å². The molecule has 0 spiro atoms. The van der Waals surface area contributed by atoms with Gasteiger partial charge < -0.3 is 5.73 Å². The summed E-state index contributed by atoms with van der Waals surface area (Å²) < 4.78 is 0. The summed E-state index contributed by atoms with van der Waals surface area (Å²) in [4.78, 5) is 0. The normalized spacial score (nSPS) is 3.00. The number of hydrogen-bond acceptors (Lipinski definition) is 1. The molecule has 0 aliphatic carbocycles. The van der Waals surface area contributed by atoms with Crippen LogP contribution in [-0.2, 0) is 18.6 Å². The van der Waals surface area contributed by atoms with Gasteiger partial charge in [-0.05, 0) is 0 Å². The molecular formula is CH4N2V. The van der Waals surface area contributed by atoms with Gasteiger partial charge in [0.25, 0.3) is 0 Å². The second kappa shape index (κ2) is 11.6. The summed E-state index contributed by atoms with van der Waals surface area (Å²) >= 11 is 0. The van der Waals surface area contributed by atoms with Crippen LogP contribution in [0, 0.1) is 5.41 Å². The van der Waals surface area contributed by atoms with E-state index < -0.39 is 0 Å². The fourth-order valence-electron chi connectivity index (χ4n) is 0. The molecular weight excluding hydrogens is 91.0 g/mol. The molecule has 0 unspecified atom stereocenters. The maximum absolute atomic E-state index is 5.86. The summed E-state index contributed by atoms with van der Waals surface area (Å²) in [6.07, 6.45) is 0.750. The van der Waals surface area contributed by atoms with Gasteiger partial charge in [0.15, 0.2) is 0 Å². The quantitative estimate of drug-likeness (QED) is 0.310. The molecule has 0 aromatic rings. The van der Waals surface area contributed by atoms with Gasteiger partial charge in [-0.1, -0.05) is 0 Å². The molecule has 3 heteroatoms. The molecule has 1 radical (unpaired) electrons. The summed E-state index contributed by atoms with van der Waals surface area (Å²) in [6.45, 7) is 0. The van der Waals surface area contributed by atoms with Gasteiger partial charge in [-0.2, -0.15) is 0 Å². The van der Waals surface area contributed by atoms with E-state index in [2.05, 4.69) is 5.73 Å². The first-order valence-electron chi connectivity index (χ1n) is 0.622. The maximum atomic E-state index is 5.86. The van der Waals surface area contributed by atoms with Crippen LogP contribution in [0.15, 0.2) is 0 Å². The van der Waals surface area contributed by atoms with E-state index in [0.717, 1.165) is 6.34 Å². The Balaban J connectivity index is 0. The Morgan fingerprint density at radius 3 is 1.75 bits per heavy atom. The van der Waals surface area contributed by atoms with E-state index in [1.807, 2.05) is 0 Å². The summed E-state index contributed by atoms with van der Waals surface area (Å²) in [5.41, 5.74) is 4.39. The predicted molar refractivity (Wildman–Crippen MR) is 13.0 cm³/mol. The number of nitrogens with one attached hydrogen (secondary N) is 1. The Morgan fingerprint density at radius 2 is 1.75 bits per heavy atom. The first-order valence-corrected chi connectivity index (χ1v) is 0.622. The minimum Gasteiger partial charge on any atom is -0.390 e. The molecule has 2 nitrogen and oxygen atoms in total. The molecule has 0 amide bonds. The van der Waals surface area contributed by atoms with E-state index in [1.165, 1.54) is 0 Å². The average Bonchev–Trinajstić information content (AvgIpc) is 0.918. The van der Waals surface area contributed by atoms with Crippen LogP contribution in [0.1, 0.15) is 0 Å². The number of nitrogens with two attached hydrogens (primary N) is 1. The van der Waals surface area contributed by atoms with Gasteiger partial charge in [-0.25, -0.2) is 0 Å². The van der Waals surface area contributed by atoms with Crippen molar-refractivity contribution in [3.8, 4) is 0 Å². The van der Waals surface area contributed by atoms with Gasteiger partial charge in [0.05, 0.1) is 6.34 Å². The van der Waals surface area contributed by atoms with Crippen molar-refractivity contribution in [2.75, 3.05) is 0 Å². The van der Waals surface area contributed by atoms with Gasteiger partial charge in [-0.15, -0.1) is 0 Å². The summed E-state index contributed by atoms with van der Waals surface area (Å²) in [5, 5.41) is 5.86. The van der Waals surface area contributed by atoms with Crippen LogP contribution < -0.4 is 5.73 Å². The largest absolute Gasteiger partial charge is 0.390 e. The Hall–Kier alpha value is 0.0544. The van der Waals surface area contributed by atoms with E-state index in [0.29, 0.717) is 0 Å². The van der Waals surface area contributed by atoms with E-state index in [-0.39, 0.29) is 18.6 Å². The van der Waals surface area contributed by atoms with Gasteiger partial charge in [0, 0.05) is 18.6 Å². The Bertz CT molecular complexity index is 13.5. The zero-order valence-corrected chi connectivity index (χ0v) is 3.50. The molecule has 0 fully saturated rings. The third-order valence-corrected chi connectivity index (χ3v) is 0. The van der Waals surface area contributed by atoms with Crippen molar-refractivity contribution >= 4 is 6.34 Å². The monoisotopic (exact) mass is 95.0 g/mol. The molecule has 3 N–H and O–H groups in total. The molecule has 0 saturated heterocycles. The van der Waals surface area contributed by atoms with E-state index in [4.69, 9.17) is 5.41 Å². The van der Waals surface area contributed by atoms with Crippen molar-refractivity contribution in [3.05, 3.63) is 0 Å². The molecule has 0 aliphatic heterocycles. The second-order valence-electron chi connectivity index (χ2n) is 0.167. The van der Waals surface area contributed by atoms with Crippen molar-refractivity contribution < 1.29 is 18.6 Å². The molecule has 0 bridgehead atoms. The van der Waals surface area contributed by atoms with E-state index in [1.54, 1.807) is 0 Å². The summed E-state index contributed by atoms with van der Waals surface area (Å²) in [5.74, 6) is 0. The molecule has 0 heterocycles. The third-order valence-electron chi connectivity index (χ3n) is 0. The Labute approximate surface area is 36.8 Å². The minimum absolute atomic E-state index is 0. The molecule has 23 valence electrons. The van der Waals surface area contributed by atoms with Gasteiger partial charge in [-0.3, -0.25) is 5.41 Å². The van der Waals surface area contributed by atoms with Gasteiger partial charge >= 0.3 is 0 Å². The van der Waals surface area contributed by atoms with Crippen molar-refractivity contribution in [1.29, 1.82) is 5.41 Å². The summed E-state index contributed by atoms with van der Waals surface area (Å²) in [7, 11) is 0. The van der Waals surface area contributed by atoms with Gasteiger partial charge in [0.1, 0.15) is 0 Å². The molecule has 0 aromatic heterocycles. The molecule has 0 aromatic carbocycles. The van der Waals surface area contributed by atoms with E-state index in [9.17, 15) is 0 Å². The smallest absolute Gasteiger partial charge is 0.0765 e. The van der Waals surface area contributed by atoms with Crippen LogP contribution >= 0.6 is 0 Å². The summed E-state index contributed by atoms with van der Waals surface area (Å²) in [6, 6.07) is 0. The molecule has 0 saturated carbocycles. The Kier molecular flexibility index (Phi) is 26.0. The van der Waals surface area contributed by atoms with Crippen molar-refractivity contribution in [1.82, 2.24) is 0 Å². The number of hydrogen-bond donors (Lipinski definition) is 2. The van der Waals surface area contributed by atoms with Crippen molar-refractivity contribution in [3.63, 3.8) is 0 Å². The van der Waals surface area contributed by atoms with E-state index >= 15 is 0 Å². The van der Waals surface area contributed by atoms with Gasteiger partial charge in [0.2, 0.25) is 0 Å². The zero-order chi connectivity index (χ0) is 2.71. The molecule has 0 atom stereocenters. The van der Waals surface area contributed by atoms with Crippen LogP contribution in [0.4, 0.5) is 0 Å². The van der Waals surface area contributed by atoms with Crippen molar-refractivity contribution in [2.45, 2.75) is 0 Å². The Morgan fingerprint density at radius 1 is 1.75 bits per heavy atom. The second-order valence-corrected chi connectivity index (χ2v) is 0.167. The minimum atomic E-state index is 0. The molecule has 0 aliphatic rings. The number of rotatable bonds is 0. The van der Waals surface area contributed by atoms with Crippen LogP contribution in [0.3, 0.4) is 0 Å². The predicted octanol–water partition coefficient (Wildman–Crippen LogP) is -0.450. The van der Waals surface area contributed by atoms with Crippen LogP contribution in [0.5, 0.6) is 0 Å². The van der Waals surface area contributed by atoms with Crippen LogP contribution in [-0.4, -0.2) is 6.34 Å². The fraction of sp³-hybridized carbons (Fsp3) is 0. The van der Waals surface area contributed by atoms with Crippen LogP contribution in [0.25, 0.3) is 0 Å².